The quantitative estimate of drug-likeness (QED) is 0.910. The SMILES string of the molecule is Cc1ccccc1NC1(C(N)=O)CCc2cc(F)ccc21. The number of anilines is 1. The second-order valence-corrected chi connectivity index (χ2v) is 5.51. The first kappa shape index (κ1) is 13.6. The van der Waals surface area contributed by atoms with Gasteiger partial charge in [0.2, 0.25) is 5.91 Å². The number of hydrogen-bond donors (Lipinski definition) is 2. The first-order valence-corrected chi connectivity index (χ1v) is 6.95. The van der Waals surface area contributed by atoms with Gasteiger partial charge >= 0.3 is 0 Å². The number of rotatable bonds is 3. The van der Waals surface area contributed by atoms with Gasteiger partial charge in [0.05, 0.1) is 0 Å². The Kier molecular flexibility index (Phi) is 3.16. The third-order valence-electron chi connectivity index (χ3n) is 4.21. The first-order chi connectivity index (χ1) is 10.0. The summed E-state index contributed by atoms with van der Waals surface area (Å²) < 4.78 is 13.4. The van der Waals surface area contributed by atoms with Gasteiger partial charge in [0, 0.05) is 5.69 Å². The maximum atomic E-state index is 13.4. The molecule has 1 aliphatic rings. The monoisotopic (exact) mass is 284 g/mol. The molecule has 0 fully saturated rings. The van der Waals surface area contributed by atoms with Gasteiger partial charge < -0.3 is 11.1 Å². The topological polar surface area (TPSA) is 55.1 Å². The molecule has 0 saturated heterocycles. The van der Waals surface area contributed by atoms with E-state index < -0.39 is 11.4 Å². The zero-order valence-corrected chi connectivity index (χ0v) is 11.8. The lowest BCUT2D eigenvalue weighted by Gasteiger charge is -2.30. The fourth-order valence-corrected chi connectivity index (χ4v) is 3.03. The Morgan fingerprint density at radius 1 is 1.29 bits per heavy atom. The molecule has 21 heavy (non-hydrogen) atoms. The van der Waals surface area contributed by atoms with Gasteiger partial charge in [-0.15, -0.1) is 0 Å². The van der Waals surface area contributed by atoms with E-state index in [9.17, 15) is 9.18 Å². The number of para-hydroxylation sites is 1. The van der Waals surface area contributed by atoms with Crippen molar-refractivity contribution in [2.24, 2.45) is 5.73 Å². The van der Waals surface area contributed by atoms with Crippen LogP contribution in [0.1, 0.15) is 23.1 Å². The second kappa shape index (κ2) is 4.88. The van der Waals surface area contributed by atoms with Crippen LogP contribution in [0.3, 0.4) is 0 Å². The van der Waals surface area contributed by atoms with Crippen molar-refractivity contribution in [1.82, 2.24) is 0 Å². The van der Waals surface area contributed by atoms with Gasteiger partial charge in [-0.2, -0.15) is 0 Å². The largest absolute Gasteiger partial charge is 0.367 e. The molecule has 0 spiro atoms. The Hall–Kier alpha value is -2.36. The number of primary amides is 1. The molecule has 2 aromatic carbocycles. The van der Waals surface area contributed by atoms with Crippen molar-refractivity contribution in [1.29, 1.82) is 0 Å². The molecule has 1 amide bonds. The third kappa shape index (κ3) is 2.17. The molecule has 4 heteroatoms. The summed E-state index contributed by atoms with van der Waals surface area (Å²) in [4.78, 5) is 12.2. The Balaban J connectivity index is 2.08. The fraction of sp³-hybridized carbons (Fsp3) is 0.235. The van der Waals surface area contributed by atoms with Crippen molar-refractivity contribution < 1.29 is 9.18 Å². The third-order valence-corrected chi connectivity index (χ3v) is 4.21. The minimum absolute atomic E-state index is 0.287. The van der Waals surface area contributed by atoms with Crippen molar-refractivity contribution >= 4 is 11.6 Å². The fourth-order valence-electron chi connectivity index (χ4n) is 3.03. The van der Waals surface area contributed by atoms with Gasteiger partial charge in [-0.05, 0) is 54.7 Å². The first-order valence-electron chi connectivity index (χ1n) is 6.95. The van der Waals surface area contributed by atoms with Crippen molar-refractivity contribution in [3.63, 3.8) is 0 Å². The van der Waals surface area contributed by atoms with Gasteiger partial charge in [0.1, 0.15) is 11.4 Å². The Morgan fingerprint density at radius 2 is 2.05 bits per heavy atom. The summed E-state index contributed by atoms with van der Waals surface area (Å²) in [5, 5.41) is 3.30. The van der Waals surface area contributed by atoms with Gasteiger partial charge in [-0.3, -0.25) is 4.79 Å². The van der Waals surface area contributed by atoms with E-state index in [2.05, 4.69) is 5.32 Å². The Bertz CT molecular complexity index is 714. The van der Waals surface area contributed by atoms with Gasteiger partial charge in [0.15, 0.2) is 0 Å². The molecule has 2 aromatic rings. The van der Waals surface area contributed by atoms with Crippen LogP contribution >= 0.6 is 0 Å². The number of carbonyl (C=O) groups excluding carboxylic acids is 1. The standard InChI is InChI=1S/C17H17FN2O/c1-11-4-2-3-5-15(11)20-17(16(19)21)9-8-12-10-13(18)6-7-14(12)17/h2-7,10,20H,8-9H2,1H3,(H2,19,21). The van der Waals surface area contributed by atoms with E-state index in [4.69, 9.17) is 5.73 Å². The summed E-state index contributed by atoms with van der Waals surface area (Å²) >= 11 is 0. The average molecular weight is 284 g/mol. The summed E-state index contributed by atoms with van der Waals surface area (Å²) in [7, 11) is 0. The van der Waals surface area contributed by atoms with Gasteiger partial charge in [0.25, 0.3) is 0 Å². The summed E-state index contributed by atoms with van der Waals surface area (Å²) in [5.74, 6) is -0.721. The summed E-state index contributed by atoms with van der Waals surface area (Å²) in [6.07, 6.45) is 1.17. The van der Waals surface area contributed by atoms with Crippen LogP contribution in [0.5, 0.6) is 0 Å². The molecule has 3 nitrogen and oxygen atoms in total. The van der Waals surface area contributed by atoms with Crippen LogP contribution < -0.4 is 11.1 Å². The molecule has 1 atom stereocenters. The van der Waals surface area contributed by atoms with Crippen LogP contribution in [0.25, 0.3) is 0 Å². The molecule has 0 radical (unpaired) electrons. The zero-order valence-electron chi connectivity index (χ0n) is 11.8. The lowest BCUT2D eigenvalue weighted by molar-refractivity contribution is -0.122. The number of nitrogens with two attached hydrogens (primary N) is 1. The zero-order chi connectivity index (χ0) is 15.0. The predicted octanol–water partition coefficient (Wildman–Crippen LogP) is 2.87. The van der Waals surface area contributed by atoms with Crippen LogP contribution in [0, 0.1) is 12.7 Å². The van der Waals surface area contributed by atoms with Crippen molar-refractivity contribution in [3.8, 4) is 0 Å². The molecule has 108 valence electrons. The van der Waals surface area contributed by atoms with E-state index in [0.29, 0.717) is 12.8 Å². The molecular weight excluding hydrogens is 267 g/mol. The highest BCUT2D eigenvalue weighted by molar-refractivity contribution is 5.91. The predicted molar refractivity (Wildman–Crippen MR) is 80.4 cm³/mol. The maximum absolute atomic E-state index is 13.4. The highest BCUT2D eigenvalue weighted by Gasteiger charge is 2.44. The molecule has 0 saturated carbocycles. The molecule has 1 aliphatic carbocycles. The van der Waals surface area contributed by atoms with Crippen LogP contribution in [0.15, 0.2) is 42.5 Å². The van der Waals surface area contributed by atoms with Crippen LogP contribution in [-0.4, -0.2) is 5.91 Å². The number of aryl methyl sites for hydroxylation is 2. The lowest BCUT2D eigenvalue weighted by Crippen LogP contribution is -2.46. The minimum Gasteiger partial charge on any atom is -0.367 e. The maximum Gasteiger partial charge on any atom is 0.247 e. The average Bonchev–Trinajstić information content (AvgIpc) is 2.81. The van der Waals surface area contributed by atoms with E-state index in [1.807, 2.05) is 31.2 Å². The number of halogens is 1. The number of benzene rings is 2. The highest BCUT2D eigenvalue weighted by atomic mass is 19.1. The van der Waals surface area contributed by atoms with E-state index in [-0.39, 0.29) is 5.82 Å². The van der Waals surface area contributed by atoms with E-state index in [0.717, 1.165) is 22.4 Å². The van der Waals surface area contributed by atoms with Gasteiger partial charge in [-0.1, -0.05) is 24.3 Å². The van der Waals surface area contributed by atoms with Crippen LogP contribution in [-0.2, 0) is 16.8 Å². The smallest absolute Gasteiger partial charge is 0.247 e. The van der Waals surface area contributed by atoms with E-state index in [1.54, 1.807) is 6.07 Å². The number of hydrogen-bond acceptors (Lipinski definition) is 2. The number of fused-ring (bicyclic) bond motifs is 1. The Labute approximate surface area is 123 Å². The summed E-state index contributed by atoms with van der Waals surface area (Å²) in [6.45, 7) is 1.97. The summed E-state index contributed by atoms with van der Waals surface area (Å²) in [6, 6.07) is 12.3. The van der Waals surface area contributed by atoms with Crippen LogP contribution in [0.2, 0.25) is 0 Å². The molecule has 1 unspecified atom stereocenters. The molecule has 0 aliphatic heterocycles. The molecule has 3 N–H and O–H groups in total. The van der Waals surface area contributed by atoms with E-state index >= 15 is 0 Å². The number of amides is 1. The second-order valence-electron chi connectivity index (χ2n) is 5.51. The van der Waals surface area contributed by atoms with Gasteiger partial charge in [-0.25, -0.2) is 4.39 Å². The lowest BCUT2D eigenvalue weighted by atomic mass is 9.90. The Morgan fingerprint density at radius 3 is 2.76 bits per heavy atom. The highest BCUT2D eigenvalue weighted by Crippen LogP contribution is 2.40. The normalized spacial score (nSPS) is 20.1. The molecule has 0 heterocycles. The number of carbonyl (C=O) groups is 1. The van der Waals surface area contributed by atoms with E-state index in [1.165, 1.54) is 12.1 Å². The van der Waals surface area contributed by atoms with Crippen molar-refractivity contribution in [2.75, 3.05) is 5.32 Å². The molecular formula is C17H17FN2O. The molecule has 0 aromatic heterocycles. The number of nitrogens with one attached hydrogen (secondary N) is 1. The minimum atomic E-state index is -0.963. The summed E-state index contributed by atoms with van der Waals surface area (Å²) in [5.41, 5.74) is 8.25. The molecule has 0 bridgehead atoms. The van der Waals surface area contributed by atoms with Crippen molar-refractivity contribution in [3.05, 3.63) is 65.0 Å². The van der Waals surface area contributed by atoms with Crippen molar-refractivity contribution in [2.45, 2.75) is 25.3 Å². The van der Waals surface area contributed by atoms with Crippen LogP contribution in [0.4, 0.5) is 10.1 Å². The molecule has 3 rings (SSSR count).